The van der Waals surface area contributed by atoms with Gasteiger partial charge in [0, 0.05) is 12.6 Å². The number of esters is 2. The number of benzene rings is 1. The lowest BCUT2D eigenvalue weighted by Crippen LogP contribution is -2.28. The number of methoxy groups -OCH3 is 1. The van der Waals surface area contributed by atoms with Crippen LogP contribution in [0.1, 0.15) is 26.5 Å². The molecule has 29 heavy (non-hydrogen) atoms. The van der Waals surface area contributed by atoms with Gasteiger partial charge in [0.2, 0.25) is 0 Å². The Labute approximate surface area is 167 Å². The molecule has 0 aliphatic rings. The largest absolute Gasteiger partial charge is 0.465 e. The number of ether oxygens (including phenoxy) is 2. The van der Waals surface area contributed by atoms with E-state index in [1.165, 1.54) is 13.2 Å². The van der Waals surface area contributed by atoms with E-state index < -0.39 is 42.0 Å². The molecule has 2 N–H and O–H groups in total. The summed E-state index contributed by atoms with van der Waals surface area (Å²) >= 11 is 1.08. The first-order valence-corrected chi connectivity index (χ1v) is 9.04. The number of anilines is 1. The van der Waals surface area contributed by atoms with Crippen molar-refractivity contribution in [3.63, 3.8) is 0 Å². The van der Waals surface area contributed by atoms with E-state index in [4.69, 9.17) is 4.74 Å². The molecule has 2 amide bonds. The Balaban J connectivity index is 1.73. The molecule has 2 aromatic rings. The molecular weight excluding hydrogens is 410 g/mol. The van der Waals surface area contributed by atoms with Crippen molar-refractivity contribution in [3.05, 3.63) is 51.7 Å². The maximum Gasteiger partial charge on any atom is 0.350 e. The Morgan fingerprint density at radius 2 is 1.90 bits per heavy atom. The van der Waals surface area contributed by atoms with E-state index in [9.17, 15) is 28.0 Å². The summed E-state index contributed by atoms with van der Waals surface area (Å²) in [6, 6.07) is 3.99. The highest BCUT2D eigenvalue weighted by Crippen LogP contribution is 2.22. The summed E-state index contributed by atoms with van der Waals surface area (Å²) in [7, 11) is 1.21. The van der Waals surface area contributed by atoms with Gasteiger partial charge in [-0.3, -0.25) is 14.4 Å². The SMILES string of the molecule is COC(=O)c1sccc1NC(=O)COC(=O)CCNC(=O)c1ccc(F)cc1F. The second-order valence-corrected chi connectivity index (χ2v) is 6.41. The van der Waals surface area contributed by atoms with Crippen LogP contribution in [0.3, 0.4) is 0 Å². The second-order valence-electron chi connectivity index (χ2n) is 5.49. The van der Waals surface area contributed by atoms with Crippen molar-refractivity contribution in [1.29, 1.82) is 0 Å². The average molecular weight is 426 g/mol. The number of halogens is 2. The zero-order valence-corrected chi connectivity index (χ0v) is 15.9. The minimum absolute atomic E-state index is 0.173. The van der Waals surface area contributed by atoms with E-state index in [0.29, 0.717) is 6.07 Å². The standard InChI is InChI=1S/C18H16F2N2O6S/c1-27-18(26)16-13(5-7-29-16)22-14(23)9-28-15(24)4-6-21-17(25)11-3-2-10(19)8-12(11)20/h2-3,5,7-8H,4,6,9H2,1H3,(H,21,25)(H,22,23). The minimum Gasteiger partial charge on any atom is -0.465 e. The van der Waals surface area contributed by atoms with Crippen LogP contribution in [0, 0.1) is 11.6 Å². The Bertz CT molecular complexity index is 931. The van der Waals surface area contributed by atoms with E-state index in [0.717, 1.165) is 23.5 Å². The van der Waals surface area contributed by atoms with E-state index in [2.05, 4.69) is 15.4 Å². The molecular formula is C18H16F2N2O6S. The Kier molecular flexibility index (Phi) is 7.78. The maximum absolute atomic E-state index is 13.5. The van der Waals surface area contributed by atoms with E-state index in [1.807, 2.05) is 0 Å². The maximum atomic E-state index is 13.5. The molecule has 1 heterocycles. The lowest BCUT2D eigenvalue weighted by atomic mass is 10.2. The van der Waals surface area contributed by atoms with Gasteiger partial charge >= 0.3 is 11.9 Å². The summed E-state index contributed by atoms with van der Waals surface area (Å²) in [5.41, 5.74) is -0.132. The number of thiophene rings is 1. The van der Waals surface area contributed by atoms with Crippen LogP contribution in [-0.4, -0.2) is 44.0 Å². The highest BCUT2D eigenvalue weighted by atomic mass is 32.1. The van der Waals surface area contributed by atoms with Crippen molar-refractivity contribution >= 4 is 40.8 Å². The summed E-state index contributed by atoms with van der Waals surface area (Å²) in [6.45, 7) is -0.775. The normalized spacial score (nSPS) is 10.2. The molecule has 11 heteroatoms. The predicted molar refractivity (Wildman–Crippen MR) is 98.6 cm³/mol. The predicted octanol–water partition coefficient (Wildman–Crippen LogP) is 2.11. The lowest BCUT2D eigenvalue weighted by Gasteiger charge is -2.08. The molecule has 0 spiro atoms. The number of nitrogens with one attached hydrogen (secondary N) is 2. The fourth-order valence-corrected chi connectivity index (χ4v) is 2.88. The molecule has 0 bridgehead atoms. The molecule has 0 saturated heterocycles. The molecule has 0 saturated carbocycles. The molecule has 0 aliphatic carbocycles. The van der Waals surface area contributed by atoms with Crippen LogP contribution in [0.15, 0.2) is 29.6 Å². The van der Waals surface area contributed by atoms with E-state index in [1.54, 1.807) is 5.38 Å². The summed E-state index contributed by atoms with van der Waals surface area (Å²) in [5, 5.41) is 6.29. The second kappa shape index (κ2) is 10.3. The number of amides is 2. The molecule has 0 radical (unpaired) electrons. The Morgan fingerprint density at radius 3 is 2.59 bits per heavy atom. The monoisotopic (exact) mass is 426 g/mol. The zero-order valence-electron chi connectivity index (χ0n) is 15.1. The van der Waals surface area contributed by atoms with Gasteiger partial charge in [0.05, 0.1) is 24.8 Å². The van der Waals surface area contributed by atoms with E-state index >= 15 is 0 Å². The third-order valence-electron chi connectivity index (χ3n) is 3.46. The molecule has 8 nitrogen and oxygen atoms in total. The van der Waals surface area contributed by atoms with Crippen molar-refractivity contribution in [2.24, 2.45) is 0 Å². The smallest absolute Gasteiger partial charge is 0.350 e. The van der Waals surface area contributed by atoms with Gasteiger partial charge in [-0.2, -0.15) is 0 Å². The summed E-state index contributed by atoms with van der Waals surface area (Å²) in [5.74, 6) is -4.72. The number of hydrogen-bond acceptors (Lipinski definition) is 7. The van der Waals surface area contributed by atoms with Crippen molar-refractivity contribution in [2.45, 2.75) is 6.42 Å². The Morgan fingerprint density at radius 1 is 1.14 bits per heavy atom. The van der Waals surface area contributed by atoms with Gasteiger partial charge in [-0.05, 0) is 23.6 Å². The van der Waals surface area contributed by atoms with Crippen molar-refractivity contribution in [3.8, 4) is 0 Å². The third kappa shape index (κ3) is 6.35. The minimum atomic E-state index is -1.03. The first-order valence-electron chi connectivity index (χ1n) is 8.16. The first kappa shape index (κ1) is 22.0. The highest BCUT2D eigenvalue weighted by Gasteiger charge is 2.17. The van der Waals surface area contributed by atoms with E-state index in [-0.39, 0.29) is 29.1 Å². The van der Waals surface area contributed by atoms with Gasteiger partial charge in [-0.25, -0.2) is 13.6 Å². The van der Waals surface area contributed by atoms with Crippen LogP contribution in [0.25, 0.3) is 0 Å². The zero-order chi connectivity index (χ0) is 21.4. The lowest BCUT2D eigenvalue weighted by molar-refractivity contribution is -0.147. The topological polar surface area (TPSA) is 111 Å². The molecule has 154 valence electrons. The van der Waals surface area contributed by atoms with Gasteiger partial charge in [0.25, 0.3) is 11.8 Å². The van der Waals surface area contributed by atoms with Gasteiger partial charge in [0.15, 0.2) is 6.61 Å². The quantitative estimate of drug-likeness (QED) is 0.626. The fourth-order valence-electron chi connectivity index (χ4n) is 2.11. The van der Waals surface area contributed by atoms with Gasteiger partial charge < -0.3 is 20.1 Å². The molecule has 2 rings (SSSR count). The summed E-state index contributed by atoms with van der Waals surface area (Å²) < 4.78 is 35.7. The van der Waals surface area contributed by atoms with Crippen LogP contribution in [-0.2, 0) is 19.1 Å². The fraction of sp³-hybridized carbons (Fsp3) is 0.222. The van der Waals surface area contributed by atoms with Crippen molar-refractivity contribution < 1.29 is 37.4 Å². The van der Waals surface area contributed by atoms with Crippen LogP contribution in [0.4, 0.5) is 14.5 Å². The molecule has 0 unspecified atom stereocenters. The Hall–Kier alpha value is -3.34. The number of carbonyl (C=O) groups is 4. The van der Waals surface area contributed by atoms with Crippen molar-refractivity contribution in [1.82, 2.24) is 5.32 Å². The van der Waals surface area contributed by atoms with Crippen LogP contribution in [0.5, 0.6) is 0 Å². The van der Waals surface area contributed by atoms with Gasteiger partial charge in [-0.15, -0.1) is 11.3 Å². The number of hydrogen-bond donors (Lipinski definition) is 2. The van der Waals surface area contributed by atoms with Gasteiger partial charge in [-0.1, -0.05) is 0 Å². The number of carbonyl (C=O) groups excluding carboxylic acids is 4. The van der Waals surface area contributed by atoms with Crippen LogP contribution >= 0.6 is 11.3 Å². The molecule has 1 aromatic carbocycles. The van der Waals surface area contributed by atoms with Crippen molar-refractivity contribution in [2.75, 3.05) is 25.6 Å². The van der Waals surface area contributed by atoms with Crippen LogP contribution in [0.2, 0.25) is 0 Å². The third-order valence-corrected chi connectivity index (χ3v) is 4.36. The highest BCUT2D eigenvalue weighted by molar-refractivity contribution is 7.12. The average Bonchev–Trinajstić information content (AvgIpc) is 3.13. The summed E-state index contributed by atoms with van der Waals surface area (Å²) in [4.78, 5) is 47.0. The molecule has 0 aliphatic heterocycles. The molecule has 0 fully saturated rings. The van der Waals surface area contributed by atoms with Gasteiger partial charge in [0.1, 0.15) is 16.5 Å². The first-order chi connectivity index (χ1) is 13.8. The summed E-state index contributed by atoms with van der Waals surface area (Å²) in [6.07, 6.45) is -0.270. The van der Waals surface area contributed by atoms with Crippen LogP contribution < -0.4 is 10.6 Å². The molecule has 0 atom stereocenters. The molecule has 1 aromatic heterocycles. The number of rotatable bonds is 8.